The quantitative estimate of drug-likeness (QED) is 0.430. The first kappa shape index (κ1) is 23.0. The van der Waals surface area contributed by atoms with Crippen LogP contribution < -0.4 is 16.0 Å². The number of amides is 3. The number of rotatable bonds is 7. The van der Waals surface area contributed by atoms with Crippen molar-refractivity contribution in [2.45, 2.75) is 19.9 Å². The van der Waals surface area contributed by atoms with Crippen molar-refractivity contribution < 1.29 is 24.0 Å². The van der Waals surface area contributed by atoms with Crippen LogP contribution in [0.5, 0.6) is 0 Å². The van der Waals surface area contributed by atoms with Crippen LogP contribution >= 0.6 is 0 Å². The third kappa shape index (κ3) is 5.95. The number of aromatic nitrogens is 1. The van der Waals surface area contributed by atoms with Gasteiger partial charge in [-0.15, -0.1) is 0 Å². The van der Waals surface area contributed by atoms with E-state index < -0.39 is 23.9 Å². The Bertz CT molecular complexity index is 1210. The smallest absolute Gasteiger partial charge is 0.326 e. The van der Waals surface area contributed by atoms with E-state index in [9.17, 15) is 19.5 Å². The van der Waals surface area contributed by atoms with Gasteiger partial charge in [-0.05, 0) is 36.2 Å². The molecule has 1 unspecified atom stereocenters. The maximum atomic E-state index is 12.3. The van der Waals surface area contributed by atoms with Crippen LogP contribution in [0.1, 0.15) is 30.0 Å². The molecule has 168 valence electrons. The Kier molecular flexibility index (Phi) is 7.05. The summed E-state index contributed by atoms with van der Waals surface area (Å²) in [5.74, 6) is -2.23. The predicted octanol–water partition coefficient (Wildman–Crippen LogP) is 3.70. The SMILES string of the molecule is CC(C)C(NC(=O)c1cc(-c2ccc(NC(=O)Nc3cccc(C#N)c3)cc2)no1)C(=O)O. The number of nitrogens with one attached hydrogen (secondary N) is 3. The molecule has 1 heterocycles. The highest BCUT2D eigenvalue weighted by Crippen LogP contribution is 2.22. The number of carboxylic acid groups (broad SMARTS) is 1. The Morgan fingerprint density at radius 2 is 1.73 bits per heavy atom. The fraction of sp³-hybridized carbons (Fsp3) is 0.174. The van der Waals surface area contributed by atoms with E-state index in [4.69, 9.17) is 9.78 Å². The van der Waals surface area contributed by atoms with Gasteiger partial charge in [0.05, 0.1) is 11.6 Å². The number of nitriles is 1. The fourth-order valence-electron chi connectivity index (χ4n) is 2.93. The second-order valence-corrected chi connectivity index (χ2v) is 7.46. The van der Waals surface area contributed by atoms with E-state index in [0.717, 1.165) is 0 Å². The third-order valence-electron chi connectivity index (χ3n) is 4.64. The Morgan fingerprint density at radius 3 is 2.36 bits per heavy atom. The molecular weight excluding hydrogens is 426 g/mol. The second kappa shape index (κ2) is 10.1. The highest BCUT2D eigenvalue weighted by atomic mass is 16.5. The zero-order valence-corrected chi connectivity index (χ0v) is 17.8. The van der Waals surface area contributed by atoms with Crippen molar-refractivity contribution in [3.63, 3.8) is 0 Å². The lowest BCUT2D eigenvalue weighted by molar-refractivity contribution is -0.140. The summed E-state index contributed by atoms with van der Waals surface area (Å²) in [5, 5.41) is 29.7. The summed E-state index contributed by atoms with van der Waals surface area (Å²) >= 11 is 0. The molecule has 0 bridgehead atoms. The zero-order valence-electron chi connectivity index (χ0n) is 17.8. The number of aliphatic carboxylic acids is 1. The average Bonchev–Trinajstić information content (AvgIpc) is 3.28. The van der Waals surface area contributed by atoms with Gasteiger partial charge >= 0.3 is 12.0 Å². The molecule has 33 heavy (non-hydrogen) atoms. The first-order valence-corrected chi connectivity index (χ1v) is 9.96. The lowest BCUT2D eigenvalue weighted by Gasteiger charge is -2.16. The van der Waals surface area contributed by atoms with Gasteiger partial charge in [0.2, 0.25) is 5.76 Å². The molecule has 3 aromatic rings. The van der Waals surface area contributed by atoms with Crippen molar-refractivity contribution in [2.24, 2.45) is 5.92 Å². The first-order valence-electron chi connectivity index (χ1n) is 9.96. The largest absolute Gasteiger partial charge is 0.480 e. The van der Waals surface area contributed by atoms with Crippen molar-refractivity contribution in [1.29, 1.82) is 5.26 Å². The molecule has 4 N–H and O–H groups in total. The van der Waals surface area contributed by atoms with Crippen LogP contribution in [0.15, 0.2) is 59.1 Å². The molecule has 1 aromatic heterocycles. The summed E-state index contributed by atoms with van der Waals surface area (Å²) in [4.78, 5) is 35.7. The van der Waals surface area contributed by atoms with Crippen molar-refractivity contribution in [2.75, 3.05) is 10.6 Å². The Morgan fingerprint density at radius 1 is 1.03 bits per heavy atom. The number of carbonyl (C=O) groups excluding carboxylic acids is 2. The molecule has 3 rings (SSSR count). The maximum Gasteiger partial charge on any atom is 0.326 e. The summed E-state index contributed by atoms with van der Waals surface area (Å²) in [7, 11) is 0. The topological polar surface area (TPSA) is 157 Å². The monoisotopic (exact) mass is 447 g/mol. The number of anilines is 2. The molecule has 0 aliphatic heterocycles. The second-order valence-electron chi connectivity index (χ2n) is 7.46. The molecule has 0 saturated carbocycles. The first-order chi connectivity index (χ1) is 15.8. The van der Waals surface area contributed by atoms with Gasteiger partial charge in [0.25, 0.3) is 5.91 Å². The summed E-state index contributed by atoms with van der Waals surface area (Å²) in [6, 6.07) is 15.1. The van der Waals surface area contributed by atoms with Gasteiger partial charge in [-0.1, -0.05) is 37.2 Å². The van der Waals surface area contributed by atoms with Crippen molar-refractivity contribution in [3.8, 4) is 17.3 Å². The van der Waals surface area contributed by atoms with Crippen LogP contribution in [0, 0.1) is 17.2 Å². The molecule has 0 aliphatic rings. The van der Waals surface area contributed by atoms with Gasteiger partial charge in [-0.3, -0.25) is 4.79 Å². The van der Waals surface area contributed by atoms with Crippen LogP contribution in [-0.4, -0.2) is 34.2 Å². The lowest BCUT2D eigenvalue weighted by atomic mass is 10.0. The zero-order chi connectivity index (χ0) is 24.0. The van der Waals surface area contributed by atoms with Crippen LogP contribution in [0.2, 0.25) is 0 Å². The number of carbonyl (C=O) groups is 3. The number of urea groups is 1. The maximum absolute atomic E-state index is 12.3. The Hall–Kier alpha value is -4.65. The number of hydrogen-bond acceptors (Lipinski definition) is 6. The number of carboxylic acids is 1. The highest BCUT2D eigenvalue weighted by molar-refractivity contribution is 6.00. The minimum absolute atomic E-state index is 0.113. The van der Waals surface area contributed by atoms with Crippen molar-refractivity contribution in [3.05, 3.63) is 65.9 Å². The molecule has 0 radical (unpaired) electrons. The van der Waals surface area contributed by atoms with Crippen LogP contribution in [0.4, 0.5) is 16.2 Å². The summed E-state index contributed by atoms with van der Waals surface area (Å²) in [6.07, 6.45) is 0. The summed E-state index contributed by atoms with van der Waals surface area (Å²) < 4.78 is 5.06. The predicted molar refractivity (Wildman–Crippen MR) is 119 cm³/mol. The number of hydrogen-bond donors (Lipinski definition) is 4. The third-order valence-corrected chi connectivity index (χ3v) is 4.64. The minimum atomic E-state index is -1.14. The van der Waals surface area contributed by atoms with Gasteiger partial charge in [0, 0.05) is 23.0 Å². The number of benzene rings is 2. The Labute approximate surface area is 189 Å². The molecule has 0 spiro atoms. The summed E-state index contributed by atoms with van der Waals surface area (Å²) in [5.41, 5.74) is 2.43. The van der Waals surface area contributed by atoms with E-state index >= 15 is 0 Å². The normalized spacial score (nSPS) is 11.3. The molecular formula is C23H21N5O5. The Balaban J connectivity index is 1.63. The van der Waals surface area contributed by atoms with E-state index in [0.29, 0.717) is 28.2 Å². The van der Waals surface area contributed by atoms with Gasteiger partial charge in [0.1, 0.15) is 11.7 Å². The van der Waals surface area contributed by atoms with Crippen LogP contribution in [-0.2, 0) is 4.79 Å². The van der Waals surface area contributed by atoms with Crippen molar-refractivity contribution >= 4 is 29.3 Å². The molecule has 0 saturated heterocycles. The molecule has 10 nitrogen and oxygen atoms in total. The highest BCUT2D eigenvalue weighted by Gasteiger charge is 2.25. The minimum Gasteiger partial charge on any atom is -0.480 e. The van der Waals surface area contributed by atoms with E-state index in [1.165, 1.54) is 6.07 Å². The average molecular weight is 447 g/mol. The molecule has 0 aliphatic carbocycles. The van der Waals surface area contributed by atoms with Crippen LogP contribution in [0.3, 0.4) is 0 Å². The molecule has 2 aromatic carbocycles. The number of nitrogens with zero attached hydrogens (tertiary/aromatic N) is 2. The lowest BCUT2D eigenvalue weighted by Crippen LogP contribution is -2.44. The molecule has 10 heteroatoms. The van der Waals surface area contributed by atoms with E-state index in [1.807, 2.05) is 6.07 Å². The molecule has 0 fully saturated rings. The summed E-state index contributed by atoms with van der Waals surface area (Å²) in [6.45, 7) is 3.37. The van der Waals surface area contributed by atoms with E-state index in [-0.39, 0.29) is 11.7 Å². The van der Waals surface area contributed by atoms with Crippen molar-refractivity contribution in [1.82, 2.24) is 10.5 Å². The van der Waals surface area contributed by atoms with E-state index in [1.54, 1.807) is 62.4 Å². The fourth-order valence-corrected chi connectivity index (χ4v) is 2.93. The van der Waals surface area contributed by atoms with Gasteiger partial charge in [-0.25, -0.2) is 9.59 Å². The van der Waals surface area contributed by atoms with Gasteiger partial charge < -0.3 is 25.6 Å². The van der Waals surface area contributed by atoms with E-state index in [2.05, 4.69) is 21.1 Å². The molecule has 1 atom stereocenters. The standard InChI is InChI=1S/C23H21N5O5/c1-13(2)20(22(30)31)27-21(29)19-11-18(28-33-19)15-6-8-16(9-7-15)25-23(32)26-17-5-3-4-14(10-17)12-24/h3-11,13,20H,1-2H3,(H,27,29)(H,30,31)(H2,25,26,32). The molecule has 3 amide bonds. The van der Waals surface area contributed by atoms with Gasteiger partial charge in [-0.2, -0.15) is 5.26 Å². The van der Waals surface area contributed by atoms with Crippen LogP contribution in [0.25, 0.3) is 11.3 Å². The van der Waals surface area contributed by atoms with Gasteiger partial charge in [0.15, 0.2) is 0 Å².